The topological polar surface area (TPSA) is 38.3 Å². The van der Waals surface area contributed by atoms with Gasteiger partial charge in [0.25, 0.3) is 0 Å². The molecule has 0 aliphatic heterocycles. The van der Waals surface area contributed by atoms with Crippen LogP contribution in [-0.4, -0.2) is 19.1 Å². The van der Waals surface area contributed by atoms with E-state index in [0.29, 0.717) is 13.0 Å². The highest BCUT2D eigenvalue weighted by Gasteiger charge is 2.04. The number of carbonyl (C=O) groups excluding carboxylic acids is 1. The molecule has 0 amide bonds. The first-order valence-electron chi connectivity index (χ1n) is 8.36. The van der Waals surface area contributed by atoms with E-state index in [-0.39, 0.29) is 5.97 Å². The summed E-state index contributed by atoms with van der Waals surface area (Å²) in [5.41, 5.74) is 3.48. The smallest absolute Gasteiger partial charge is 0.310 e. The number of hydrogen-bond donors (Lipinski definition) is 1. The van der Waals surface area contributed by atoms with Crippen molar-refractivity contribution in [2.45, 2.75) is 32.7 Å². The molecule has 0 heterocycles. The van der Waals surface area contributed by atoms with Gasteiger partial charge in [-0.3, -0.25) is 4.79 Å². The predicted molar refractivity (Wildman–Crippen MR) is 98.3 cm³/mol. The number of benzene rings is 2. The van der Waals surface area contributed by atoms with Gasteiger partial charge < -0.3 is 10.1 Å². The van der Waals surface area contributed by atoms with E-state index in [4.69, 9.17) is 16.3 Å². The molecule has 0 aliphatic carbocycles. The van der Waals surface area contributed by atoms with Crippen LogP contribution in [0.3, 0.4) is 0 Å². The summed E-state index contributed by atoms with van der Waals surface area (Å²) in [5, 5.41) is 4.22. The molecule has 0 unspecified atom stereocenters. The van der Waals surface area contributed by atoms with E-state index in [2.05, 4.69) is 29.6 Å². The Morgan fingerprint density at radius 3 is 2.58 bits per heavy atom. The first-order chi connectivity index (χ1) is 11.7. The zero-order valence-electron chi connectivity index (χ0n) is 14.1. The number of rotatable bonds is 9. The molecule has 2 aromatic carbocycles. The molecular weight excluding hydrogens is 322 g/mol. The molecule has 0 atom stereocenters. The Hall–Kier alpha value is -1.84. The molecule has 0 saturated heterocycles. The number of nitrogens with one attached hydrogen (secondary N) is 1. The lowest BCUT2D eigenvalue weighted by Crippen LogP contribution is -2.15. The first kappa shape index (κ1) is 18.5. The largest absolute Gasteiger partial charge is 0.466 e. The molecule has 0 aromatic heterocycles. The summed E-state index contributed by atoms with van der Waals surface area (Å²) < 4.78 is 4.99. The quantitative estimate of drug-likeness (QED) is 0.547. The number of esters is 1. The van der Waals surface area contributed by atoms with Crippen LogP contribution in [0.2, 0.25) is 5.02 Å². The van der Waals surface area contributed by atoms with E-state index in [1.807, 2.05) is 31.2 Å². The molecule has 128 valence electrons. The van der Waals surface area contributed by atoms with Crippen LogP contribution in [0.5, 0.6) is 0 Å². The van der Waals surface area contributed by atoms with Crippen molar-refractivity contribution >= 4 is 17.6 Å². The Morgan fingerprint density at radius 1 is 1.08 bits per heavy atom. The minimum atomic E-state index is -0.175. The third kappa shape index (κ3) is 6.73. The van der Waals surface area contributed by atoms with Crippen molar-refractivity contribution in [3.63, 3.8) is 0 Å². The van der Waals surface area contributed by atoms with Crippen LogP contribution in [-0.2, 0) is 28.9 Å². The monoisotopic (exact) mass is 345 g/mol. The Balaban J connectivity index is 1.70. The van der Waals surface area contributed by atoms with Gasteiger partial charge in [0, 0.05) is 11.6 Å². The van der Waals surface area contributed by atoms with Crippen molar-refractivity contribution in [3.05, 3.63) is 70.2 Å². The molecule has 0 spiro atoms. The SMILES string of the molecule is CCOC(=O)Cc1cccc(CNCCCc2ccc(Cl)cc2)c1. The van der Waals surface area contributed by atoms with Crippen molar-refractivity contribution in [3.8, 4) is 0 Å². The molecule has 2 rings (SSSR count). The summed E-state index contributed by atoms with van der Waals surface area (Å²) in [6, 6.07) is 16.1. The maximum absolute atomic E-state index is 11.5. The van der Waals surface area contributed by atoms with Crippen LogP contribution < -0.4 is 5.32 Å². The van der Waals surface area contributed by atoms with Crippen LogP contribution in [0, 0.1) is 0 Å². The van der Waals surface area contributed by atoms with Gasteiger partial charge in [-0.15, -0.1) is 0 Å². The summed E-state index contributed by atoms with van der Waals surface area (Å²) in [5.74, 6) is -0.175. The Bertz CT molecular complexity index is 640. The standard InChI is InChI=1S/C20H24ClNO2/c1-2-24-20(23)14-17-5-3-6-18(13-17)15-22-12-4-7-16-8-10-19(21)11-9-16/h3,5-6,8-11,13,22H,2,4,7,12,14-15H2,1H3. The average molecular weight is 346 g/mol. The van der Waals surface area contributed by atoms with Gasteiger partial charge in [0.15, 0.2) is 0 Å². The van der Waals surface area contributed by atoms with E-state index < -0.39 is 0 Å². The van der Waals surface area contributed by atoms with Crippen molar-refractivity contribution in [1.29, 1.82) is 0 Å². The first-order valence-corrected chi connectivity index (χ1v) is 8.74. The summed E-state index contributed by atoms with van der Waals surface area (Å²) >= 11 is 5.88. The molecule has 0 bridgehead atoms. The molecule has 4 heteroatoms. The second-order valence-electron chi connectivity index (χ2n) is 5.71. The fraction of sp³-hybridized carbons (Fsp3) is 0.350. The molecule has 1 N–H and O–H groups in total. The molecule has 24 heavy (non-hydrogen) atoms. The van der Waals surface area contributed by atoms with E-state index in [0.717, 1.165) is 36.5 Å². The Kier molecular flexibility index (Phi) is 7.80. The highest BCUT2D eigenvalue weighted by molar-refractivity contribution is 6.30. The van der Waals surface area contributed by atoms with Crippen molar-refractivity contribution in [2.75, 3.05) is 13.2 Å². The molecule has 3 nitrogen and oxygen atoms in total. The maximum atomic E-state index is 11.5. The molecule has 2 aromatic rings. The Labute approximate surface area is 149 Å². The highest BCUT2D eigenvalue weighted by Crippen LogP contribution is 2.11. The van der Waals surface area contributed by atoms with Gasteiger partial charge >= 0.3 is 5.97 Å². The van der Waals surface area contributed by atoms with Crippen LogP contribution in [0.15, 0.2) is 48.5 Å². The minimum Gasteiger partial charge on any atom is -0.466 e. The number of halogens is 1. The summed E-state index contributed by atoms with van der Waals surface area (Å²) in [4.78, 5) is 11.5. The van der Waals surface area contributed by atoms with E-state index in [1.54, 1.807) is 0 Å². The van der Waals surface area contributed by atoms with Crippen LogP contribution >= 0.6 is 11.6 Å². The van der Waals surface area contributed by atoms with E-state index >= 15 is 0 Å². The highest BCUT2D eigenvalue weighted by atomic mass is 35.5. The zero-order chi connectivity index (χ0) is 17.2. The van der Waals surface area contributed by atoms with Gasteiger partial charge in [0.1, 0.15) is 0 Å². The predicted octanol–water partition coefficient (Wildman–Crippen LogP) is 4.17. The Morgan fingerprint density at radius 2 is 1.83 bits per heavy atom. The number of ether oxygens (including phenoxy) is 1. The lowest BCUT2D eigenvalue weighted by Gasteiger charge is -2.07. The lowest BCUT2D eigenvalue weighted by molar-refractivity contribution is -0.142. The molecule has 0 aliphatic rings. The number of carbonyl (C=O) groups is 1. The normalized spacial score (nSPS) is 10.6. The molecule has 0 fully saturated rings. The maximum Gasteiger partial charge on any atom is 0.310 e. The van der Waals surface area contributed by atoms with Gasteiger partial charge in [-0.1, -0.05) is 48.0 Å². The van der Waals surface area contributed by atoms with Gasteiger partial charge in [0.2, 0.25) is 0 Å². The molecular formula is C20H24ClNO2. The van der Waals surface area contributed by atoms with Crippen molar-refractivity contribution < 1.29 is 9.53 Å². The van der Waals surface area contributed by atoms with E-state index in [9.17, 15) is 4.79 Å². The summed E-state index contributed by atoms with van der Waals surface area (Å²) in [7, 11) is 0. The van der Waals surface area contributed by atoms with E-state index in [1.165, 1.54) is 11.1 Å². The lowest BCUT2D eigenvalue weighted by atomic mass is 10.1. The van der Waals surface area contributed by atoms with Crippen LogP contribution in [0.1, 0.15) is 30.0 Å². The third-order valence-electron chi connectivity index (χ3n) is 3.71. The molecule has 0 radical (unpaired) electrons. The summed E-state index contributed by atoms with van der Waals surface area (Å²) in [6.45, 7) is 4.00. The number of hydrogen-bond acceptors (Lipinski definition) is 3. The number of aryl methyl sites for hydroxylation is 1. The fourth-order valence-corrected chi connectivity index (χ4v) is 2.66. The van der Waals surface area contributed by atoms with Gasteiger partial charge in [0.05, 0.1) is 13.0 Å². The van der Waals surface area contributed by atoms with Gasteiger partial charge in [-0.2, -0.15) is 0 Å². The second-order valence-corrected chi connectivity index (χ2v) is 6.14. The third-order valence-corrected chi connectivity index (χ3v) is 3.96. The van der Waals surface area contributed by atoms with Crippen LogP contribution in [0.4, 0.5) is 0 Å². The fourth-order valence-electron chi connectivity index (χ4n) is 2.53. The summed E-state index contributed by atoms with van der Waals surface area (Å²) in [6.07, 6.45) is 2.44. The molecule has 0 saturated carbocycles. The van der Waals surface area contributed by atoms with Crippen molar-refractivity contribution in [2.24, 2.45) is 0 Å². The minimum absolute atomic E-state index is 0.175. The van der Waals surface area contributed by atoms with Crippen LogP contribution in [0.25, 0.3) is 0 Å². The van der Waals surface area contributed by atoms with Gasteiger partial charge in [-0.05, 0) is 55.1 Å². The van der Waals surface area contributed by atoms with Crippen molar-refractivity contribution in [1.82, 2.24) is 5.32 Å². The average Bonchev–Trinajstić information content (AvgIpc) is 2.57. The second kappa shape index (κ2) is 10.1. The van der Waals surface area contributed by atoms with Gasteiger partial charge in [-0.25, -0.2) is 0 Å². The zero-order valence-corrected chi connectivity index (χ0v) is 14.8.